The molecule has 0 radical (unpaired) electrons. The molecular formula is C8H14N2O6. The first-order chi connectivity index (χ1) is 7.38. The van der Waals surface area contributed by atoms with Crippen molar-refractivity contribution in [3.63, 3.8) is 0 Å². The average molecular weight is 234 g/mol. The molecule has 0 saturated carbocycles. The van der Waals surface area contributed by atoms with Gasteiger partial charge in [0.25, 0.3) is 0 Å². The van der Waals surface area contributed by atoms with Gasteiger partial charge < -0.3 is 25.2 Å². The van der Waals surface area contributed by atoms with E-state index in [4.69, 9.17) is 10.2 Å². The number of hydrogen-bond donors (Lipinski definition) is 3. The Balaban J connectivity index is 3.97. The lowest BCUT2D eigenvalue weighted by Gasteiger charge is -2.17. The summed E-state index contributed by atoms with van der Waals surface area (Å²) in [6.07, 6.45) is -1.67. The molecule has 0 aliphatic rings. The zero-order chi connectivity index (χ0) is 12.7. The van der Waals surface area contributed by atoms with Crippen LogP contribution in [0, 0.1) is 0 Å². The van der Waals surface area contributed by atoms with Gasteiger partial charge in [0.2, 0.25) is 0 Å². The first-order valence-corrected chi connectivity index (χ1v) is 4.35. The fourth-order valence-corrected chi connectivity index (χ4v) is 0.736. The molecule has 0 aromatic heterocycles. The Kier molecular flexibility index (Phi) is 5.86. The van der Waals surface area contributed by atoms with Crippen LogP contribution in [0.1, 0.15) is 0 Å². The summed E-state index contributed by atoms with van der Waals surface area (Å²) in [6, 6.07) is -0.675. The highest BCUT2D eigenvalue weighted by atomic mass is 16.5. The Bertz CT molecular complexity index is 280. The fraction of sp³-hybridized carbons (Fsp3) is 0.625. The third-order valence-corrected chi connectivity index (χ3v) is 1.67. The summed E-state index contributed by atoms with van der Waals surface area (Å²) >= 11 is 0. The number of esters is 1. The summed E-state index contributed by atoms with van der Waals surface area (Å²) in [6.45, 7) is -0.689. The molecule has 0 heterocycles. The van der Waals surface area contributed by atoms with Gasteiger partial charge >= 0.3 is 18.0 Å². The van der Waals surface area contributed by atoms with Gasteiger partial charge in [-0.3, -0.25) is 4.79 Å². The number of urea groups is 1. The normalized spacial score (nSPS) is 11.4. The van der Waals surface area contributed by atoms with Gasteiger partial charge in [-0.05, 0) is 0 Å². The van der Waals surface area contributed by atoms with Gasteiger partial charge in [-0.2, -0.15) is 0 Å². The number of likely N-dealkylation sites (N-methyl/N-ethyl adjacent to an activating group) is 1. The highest BCUT2D eigenvalue weighted by Crippen LogP contribution is 1.87. The van der Waals surface area contributed by atoms with Crippen LogP contribution in [-0.4, -0.2) is 66.4 Å². The molecular weight excluding hydrogens is 220 g/mol. The van der Waals surface area contributed by atoms with E-state index in [0.717, 1.165) is 4.90 Å². The van der Waals surface area contributed by atoms with E-state index in [-0.39, 0.29) is 6.54 Å². The minimum atomic E-state index is -1.67. The van der Waals surface area contributed by atoms with Crippen molar-refractivity contribution in [1.82, 2.24) is 10.2 Å². The van der Waals surface area contributed by atoms with Crippen molar-refractivity contribution in [2.24, 2.45) is 0 Å². The lowest BCUT2D eigenvalue weighted by atomic mass is 10.3. The summed E-state index contributed by atoms with van der Waals surface area (Å²) in [5.41, 5.74) is 0. The predicted molar refractivity (Wildman–Crippen MR) is 51.7 cm³/mol. The molecule has 8 heteroatoms. The largest absolute Gasteiger partial charge is 0.479 e. The molecule has 0 spiro atoms. The van der Waals surface area contributed by atoms with Crippen molar-refractivity contribution in [2.75, 3.05) is 27.2 Å². The van der Waals surface area contributed by atoms with Crippen LogP contribution in [0.15, 0.2) is 0 Å². The zero-order valence-corrected chi connectivity index (χ0v) is 8.97. The molecule has 0 fully saturated rings. The molecule has 0 rings (SSSR count). The second kappa shape index (κ2) is 6.62. The molecule has 0 aromatic rings. The smallest absolute Gasteiger partial charge is 0.334 e. The molecule has 8 nitrogen and oxygen atoms in total. The van der Waals surface area contributed by atoms with E-state index in [1.54, 1.807) is 0 Å². The van der Waals surface area contributed by atoms with Crippen LogP contribution in [0.4, 0.5) is 4.79 Å². The second-order valence-corrected chi connectivity index (χ2v) is 2.97. The van der Waals surface area contributed by atoms with E-state index < -0.39 is 30.6 Å². The Labute approximate surface area is 91.8 Å². The van der Waals surface area contributed by atoms with Gasteiger partial charge in [0, 0.05) is 7.05 Å². The summed E-state index contributed by atoms with van der Waals surface area (Å²) in [5.74, 6) is -2.03. The van der Waals surface area contributed by atoms with Gasteiger partial charge in [0.05, 0.1) is 13.7 Å². The summed E-state index contributed by atoms with van der Waals surface area (Å²) in [4.78, 5) is 33.2. The Morgan fingerprint density at radius 3 is 2.44 bits per heavy atom. The summed E-state index contributed by atoms with van der Waals surface area (Å²) < 4.78 is 4.33. The number of aliphatic hydroxyl groups is 1. The molecule has 0 aliphatic heterocycles. The van der Waals surface area contributed by atoms with E-state index in [1.165, 1.54) is 14.2 Å². The lowest BCUT2D eigenvalue weighted by Crippen LogP contribution is -2.44. The van der Waals surface area contributed by atoms with Crippen molar-refractivity contribution in [2.45, 2.75) is 6.10 Å². The summed E-state index contributed by atoms with van der Waals surface area (Å²) in [5, 5.41) is 19.3. The van der Waals surface area contributed by atoms with Crippen molar-refractivity contribution < 1.29 is 29.3 Å². The first kappa shape index (κ1) is 14.2. The molecule has 0 aliphatic carbocycles. The number of ether oxygens (including phenoxy) is 1. The molecule has 0 aromatic carbocycles. The lowest BCUT2D eigenvalue weighted by molar-refractivity contribution is -0.146. The highest BCUT2D eigenvalue weighted by molar-refractivity contribution is 5.81. The van der Waals surface area contributed by atoms with Gasteiger partial charge in [-0.1, -0.05) is 0 Å². The zero-order valence-electron chi connectivity index (χ0n) is 8.97. The molecule has 92 valence electrons. The molecule has 3 N–H and O–H groups in total. The number of aliphatic carboxylic acids is 1. The van der Waals surface area contributed by atoms with Crippen molar-refractivity contribution in [3.8, 4) is 0 Å². The van der Waals surface area contributed by atoms with Crippen LogP contribution in [0.5, 0.6) is 0 Å². The van der Waals surface area contributed by atoms with Crippen molar-refractivity contribution in [3.05, 3.63) is 0 Å². The van der Waals surface area contributed by atoms with Crippen molar-refractivity contribution in [1.29, 1.82) is 0 Å². The van der Waals surface area contributed by atoms with Gasteiger partial charge in [-0.25, -0.2) is 9.59 Å². The predicted octanol–water partition coefficient (Wildman–Crippen LogP) is -1.75. The average Bonchev–Trinajstić information content (AvgIpc) is 2.24. The molecule has 1 atom stereocenters. The van der Waals surface area contributed by atoms with E-state index in [1.807, 2.05) is 0 Å². The standard InChI is InChI=1S/C8H14N2O6/c1-10(4-6(12)16-2)8(15)9-3-5(11)7(13)14/h5,11H,3-4H2,1-2H3,(H,9,15)(H,13,14). The molecule has 1 unspecified atom stereocenters. The van der Waals surface area contributed by atoms with E-state index in [0.29, 0.717) is 0 Å². The fourth-order valence-electron chi connectivity index (χ4n) is 0.736. The number of amides is 2. The maximum Gasteiger partial charge on any atom is 0.334 e. The molecule has 0 saturated heterocycles. The minimum Gasteiger partial charge on any atom is -0.479 e. The third kappa shape index (κ3) is 5.15. The highest BCUT2D eigenvalue weighted by Gasteiger charge is 2.17. The van der Waals surface area contributed by atoms with Crippen LogP contribution in [0.25, 0.3) is 0 Å². The van der Waals surface area contributed by atoms with E-state index in [2.05, 4.69) is 10.1 Å². The molecule has 0 bridgehead atoms. The number of carboxylic acids is 1. The number of aliphatic hydroxyl groups excluding tert-OH is 1. The van der Waals surface area contributed by atoms with E-state index >= 15 is 0 Å². The number of methoxy groups -OCH3 is 1. The third-order valence-electron chi connectivity index (χ3n) is 1.67. The Morgan fingerprint density at radius 2 is 2.00 bits per heavy atom. The summed E-state index contributed by atoms with van der Waals surface area (Å²) in [7, 11) is 2.52. The van der Waals surface area contributed by atoms with Crippen molar-refractivity contribution >= 4 is 18.0 Å². The topological polar surface area (TPSA) is 116 Å². The molecule has 2 amide bonds. The number of nitrogens with zero attached hydrogens (tertiary/aromatic N) is 1. The number of carboxylic acid groups (broad SMARTS) is 1. The van der Waals surface area contributed by atoms with Gasteiger partial charge in [0.1, 0.15) is 6.54 Å². The van der Waals surface area contributed by atoms with Crippen LogP contribution in [-0.2, 0) is 14.3 Å². The second-order valence-electron chi connectivity index (χ2n) is 2.97. The van der Waals surface area contributed by atoms with Gasteiger partial charge in [0.15, 0.2) is 6.10 Å². The van der Waals surface area contributed by atoms with Crippen LogP contribution >= 0.6 is 0 Å². The number of hydrogen-bond acceptors (Lipinski definition) is 5. The Morgan fingerprint density at radius 1 is 1.44 bits per heavy atom. The maximum absolute atomic E-state index is 11.2. The van der Waals surface area contributed by atoms with E-state index in [9.17, 15) is 14.4 Å². The van der Waals surface area contributed by atoms with Crippen LogP contribution < -0.4 is 5.32 Å². The number of nitrogens with one attached hydrogen (secondary N) is 1. The minimum absolute atomic E-state index is 0.258. The SMILES string of the molecule is COC(=O)CN(C)C(=O)NCC(O)C(=O)O. The molecule has 16 heavy (non-hydrogen) atoms. The van der Waals surface area contributed by atoms with Crippen LogP contribution in [0.3, 0.4) is 0 Å². The Hall–Kier alpha value is -1.83. The quantitative estimate of drug-likeness (QED) is 0.485. The maximum atomic E-state index is 11.2. The van der Waals surface area contributed by atoms with Crippen LogP contribution in [0.2, 0.25) is 0 Å². The monoisotopic (exact) mass is 234 g/mol. The number of carbonyl (C=O) groups is 3. The number of carbonyl (C=O) groups excluding carboxylic acids is 2. The van der Waals surface area contributed by atoms with Gasteiger partial charge in [-0.15, -0.1) is 0 Å². The number of rotatable bonds is 5. The first-order valence-electron chi connectivity index (χ1n) is 4.35.